The number of thioether (sulfide) groups is 1. The van der Waals surface area contributed by atoms with Gasteiger partial charge in [0.05, 0.1) is 10.9 Å². The second kappa shape index (κ2) is 4.24. The average molecular weight is 213 g/mol. The topological polar surface area (TPSA) is 30.0 Å². The van der Waals surface area contributed by atoms with E-state index in [0.29, 0.717) is 11.7 Å². The highest BCUT2D eigenvalue weighted by molar-refractivity contribution is 7.99. The third-order valence-electron chi connectivity index (χ3n) is 2.07. The van der Waals surface area contributed by atoms with Crippen LogP contribution in [0.1, 0.15) is 28.8 Å². The molecule has 1 aromatic heterocycles. The third-order valence-corrected chi connectivity index (χ3v) is 4.61. The van der Waals surface area contributed by atoms with Crippen LogP contribution >= 0.6 is 23.1 Å². The molecule has 0 aliphatic carbocycles. The Hall–Kier alpha value is -0.350. The summed E-state index contributed by atoms with van der Waals surface area (Å²) < 4.78 is 0. The Bertz CT molecular complexity index is 292. The van der Waals surface area contributed by atoms with E-state index in [1.807, 2.05) is 17.1 Å². The molecule has 2 heterocycles. The largest absolute Gasteiger partial charge is 0.303 e. The lowest BCUT2D eigenvalue weighted by Crippen LogP contribution is -1.90. The first-order chi connectivity index (χ1) is 6.40. The van der Waals surface area contributed by atoms with Crippen LogP contribution in [0.2, 0.25) is 0 Å². The first-order valence-electron chi connectivity index (χ1n) is 4.39. The van der Waals surface area contributed by atoms with Gasteiger partial charge in [-0.25, -0.2) is 4.98 Å². The van der Waals surface area contributed by atoms with E-state index in [1.165, 1.54) is 23.6 Å². The van der Waals surface area contributed by atoms with Gasteiger partial charge in [0, 0.05) is 11.8 Å². The highest BCUT2D eigenvalue weighted by Gasteiger charge is 2.20. The quantitative estimate of drug-likeness (QED) is 0.722. The Morgan fingerprint density at radius 1 is 1.69 bits per heavy atom. The van der Waals surface area contributed by atoms with Crippen LogP contribution < -0.4 is 0 Å². The molecule has 1 fully saturated rings. The van der Waals surface area contributed by atoms with Crippen LogP contribution in [0.3, 0.4) is 0 Å². The van der Waals surface area contributed by atoms with Crippen LogP contribution in [0.15, 0.2) is 5.38 Å². The molecule has 0 saturated carbocycles. The van der Waals surface area contributed by atoms with Gasteiger partial charge in [0.2, 0.25) is 0 Å². The molecule has 1 unspecified atom stereocenters. The van der Waals surface area contributed by atoms with Gasteiger partial charge < -0.3 is 4.79 Å². The molecule has 1 aromatic rings. The second-order valence-electron chi connectivity index (χ2n) is 3.05. The van der Waals surface area contributed by atoms with Crippen molar-refractivity contribution in [3.63, 3.8) is 0 Å². The molecule has 1 saturated heterocycles. The van der Waals surface area contributed by atoms with Gasteiger partial charge in [-0.2, -0.15) is 11.8 Å². The molecule has 1 aliphatic rings. The van der Waals surface area contributed by atoms with Gasteiger partial charge in [-0.3, -0.25) is 0 Å². The Balaban J connectivity index is 2.07. The number of aromatic nitrogens is 1. The first-order valence-corrected chi connectivity index (χ1v) is 6.32. The Morgan fingerprint density at radius 2 is 2.62 bits per heavy atom. The summed E-state index contributed by atoms with van der Waals surface area (Å²) in [4.78, 5) is 14.7. The number of thiazole rings is 1. The lowest BCUT2D eigenvalue weighted by molar-refractivity contribution is -0.107. The summed E-state index contributed by atoms with van der Waals surface area (Å²) in [6.07, 6.45) is 3.94. The molecule has 0 radical (unpaired) electrons. The fourth-order valence-corrected chi connectivity index (χ4v) is 3.78. The van der Waals surface area contributed by atoms with E-state index in [-0.39, 0.29) is 0 Å². The van der Waals surface area contributed by atoms with E-state index in [1.54, 1.807) is 11.3 Å². The molecule has 70 valence electrons. The zero-order valence-electron chi connectivity index (χ0n) is 7.23. The van der Waals surface area contributed by atoms with Crippen LogP contribution in [0.25, 0.3) is 0 Å². The standard InChI is InChI=1S/C9H11NOS2/c11-4-3-7-6-13-9(10-7)8-2-1-5-12-8/h4,6,8H,1-3,5H2. The van der Waals surface area contributed by atoms with Gasteiger partial charge in [-0.1, -0.05) is 0 Å². The fourth-order valence-electron chi connectivity index (χ4n) is 1.42. The fraction of sp³-hybridized carbons (Fsp3) is 0.556. The zero-order chi connectivity index (χ0) is 9.10. The van der Waals surface area contributed by atoms with Crippen molar-refractivity contribution < 1.29 is 4.79 Å². The Morgan fingerprint density at radius 3 is 3.31 bits per heavy atom. The molecule has 0 aromatic carbocycles. The van der Waals surface area contributed by atoms with E-state index in [0.717, 1.165) is 12.0 Å². The molecule has 2 nitrogen and oxygen atoms in total. The van der Waals surface area contributed by atoms with Gasteiger partial charge in [-0.05, 0) is 18.6 Å². The average Bonchev–Trinajstić information content (AvgIpc) is 2.70. The molecular formula is C9H11NOS2. The van der Waals surface area contributed by atoms with E-state index >= 15 is 0 Å². The van der Waals surface area contributed by atoms with E-state index in [2.05, 4.69) is 4.98 Å². The monoisotopic (exact) mass is 213 g/mol. The molecule has 2 rings (SSSR count). The maximum atomic E-state index is 10.3. The summed E-state index contributed by atoms with van der Waals surface area (Å²) in [5.41, 5.74) is 0.933. The van der Waals surface area contributed by atoms with Crippen LogP contribution in [-0.2, 0) is 11.2 Å². The molecule has 4 heteroatoms. The summed E-state index contributed by atoms with van der Waals surface area (Å²) in [6, 6.07) is 0. The van der Waals surface area contributed by atoms with E-state index in [4.69, 9.17) is 0 Å². The van der Waals surface area contributed by atoms with Crippen LogP contribution in [-0.4, -0.2) is 17.0 Å². The van der Waals surface area contributed by atoms with Crippen molar-refractivity contribution in [2.45, 2.75) is 24.5 Å². The highest BCUT2D eigenvalue weighted by Crippen LogP contribution is 2.40. The van der Waals surface area contributed by atoms with Crippen molar-refractivity contribution in [2.24, 2.45) is 0 Å². The van der Waals surface area contributed by atoms with Gasteiger partial charge in [0.1, 0.15) is 11.3 Å². The van der Waals surface area contributed by atoms with Crippen LogP contribution in [0.5, 0.6) is 0 Å². The summed E-state index contributed by atoms with van der Waals surface area (Å²) >= 11 is 3.68. The molecule has 13 heavy (non-hydrogen) atoms. The number of aldehydes is 1. The normalized spacial score (nSPS) is 22.0. The van der Waals surface area contributed by atoms with Crippen molar-refractivity contribution in [1.29, 1.82) is 0 Å². The van der Waals surface area contributed by atoms with Gasteiger partial charge in [0.15, 0.2) is 0 Å². The maximum Gasteiger partial charge on any atom is 0.125 e. The second-order valence-corrected chi connectivity index (χ2v) is 5.25. The minimum Gasteiger partial charge on any atom is -0.303 e. The summed E-state index contributed by atoms with van der Waals surface area (Å²) in [7, 11) is 0. The van der Waals surface area contributed by atoms with E-state index < -0.39 is 0 Å². The number of carbonyl (C=O) groups excluding carboxylic acids is 1. The summed E-state index contributed by atoms with van der Waals surface area (Å²) in [6.45, 7) is 0. The summed E-state index contributed by atoms with van der Waals surface area (Å²) in [5.74, 6) is 1.26. The lowest BCUT2D eigenvalue weighted by atomic mass is 10.2. The van der Waals surface area contributed by atoms with E-state index in [9.17, 15) is 4.79 Å². The molecule has 1 aliphatic heterocycles. The Labute approximate surface area is 85.8 Å². The molecule has 0 bridgehead atoms. The summed E-state index contributed by atoms with van der Waals surface area (Å²) in [5, 5.41) is 3.81. The molecular weight excluding hydrogens is 202 g/mol. The molecule has 1 atom stereocenters. The maximum absolute atomic E-state index is 10.3. The molecule has 0 spiro atoms. The highest BCUT2D eigenvalue weighted by atomic mass is 32.2. The predicted octanol–water partition coefficient (Wildman–Crippen LogP) is 2.45. The van der Waals surface area contributed by atoms with Crippen LogP contribution in [0, 0.1) is 0 Å². The number of hydrogen-bond donors (Lipinski definition) is 0. The number of rotatable bonds is 3. The van der Waals surface area contributed by atoms with Crippen molar-refractivity contribution in [2.75, 3.05) is 5.75 Å². The van der Waals surface area contributed by atoms with Crippen LogP contribution in [0.4, 0.5) is 0 Å². The van der Waals surface area contributed by atoms with Crippen molar-refractivity contribution in [1.82, 2.24) is 4.98 Å². The van der Waals surface area contributed by atoms with Gasteiger partial charge in [0.25, 0.3) is 0 Å². The molecule has 0 amide bonds. The number of nitrogens with zero attached hydrogens (tertiary/aromatic N) is 1. The molecule has 0 N–H and O–H groups in total. The predicted molar refractivity (Wildman–Crippen MR) is 56.3 cm³/mol. The van der Waals surface area contributed by atoms with Crippen molar-refractivity contribution in [3.8, 4) is 0 Å². The van der Waals surface area contributed by atoms with Crippen molar-refractivity contribution >= 4 is 29.4 Å². The lowest BCUT2D eigenvalue weighted by Gasteiger charge is -2.01. The smallest absolute Gasteiger partial charge is 0.125 e. The zero-order valence-corrected chi connectivity index (χ0v) is 8.87. The SMILES string of the molecule is O=CCc1csc(C2CCCS2)n1. The number of carbonyl (C=O) groups is 1. The third kappa shape index (κ3) is 2.11. The Kier molecular flexibility index (Phi) is 3.01. The van der Waals surface area contributed by atoms with Gasteiger partial charge in [-0.15, -0.1) is 11.3 Å². The first kappa shape index (κ1) is 9.21. The number of hydrogen-bond acceptors (Lipinski definition) is 4. The van der Waals surface area contributed by atoms with Gasteiger partial charge >= 0.3 is 0 Å². The van der Waals surface area contributed by atoms with Crippen molar-refractivity contribution in [3.05, 3.63) is 16.1 Å². The minimum absolute atomic E-state index is 0.466. The minimum atomic E-state index is 0.466.